The second-order valence-corrected chi connectivity index (χ2v) is 3.99. The number of ether oxygens (including phenoxy) is 2. The number of hydrogen-bond donors (Lipinski definition) is 0. The fourth-order valence-corrected chi connectivity index (χ4v) is 1.62. The van der Waals surface area contributed by atoms with E-state index in [1.807, 2.05) is 6.92 Å². The van der Waals surface area contributed by atoms with Gasteiger partial charge in [-0.1, -0.05) is 6.92 Å². The molecule has 0 atom stereocenters. The Labute approximate surface area is 107 Å². The average molecular weight is 250 g/mol. The summed E-state index contributed by atoms with van der Waals surface area (Å²) in [7, 11) is 3.04. The zero-order valence-electron chi connectivity index (χ0n) is 11.0. The van der Waals surface area contributed by atoms with Gasteiger partial charge in [0.05, 0.1) is 20.6 Å². The van der Waals surface area contributed by atoms with Crippen LogP contribution in [0.15, 0.2) is 18.2 Å². The van der Waals surface area contributed by atoms with Crippen LogP contribution in [0.4, 0.5) is 0 Å². The van der Waals surface area contributed by atoms with Gasteiger partial charge in [-0.05, 0) is 18.6 Å². The molecule has 0 radical (unpaired) electrons. The maximum atomic E-state index is 11.9. The van der Waals surface area contributed by atoms with Crippen molar-refractivity contribution in [2.24, 2.45) is 0 Å². The minimum Gasteiger partial charge on any atom is -0.497 e. The molecule has 0 spiro atoms. The van der Waals surface area contributed by atoms with E-state index in [9.17, 15) is 9.59 Å². The molecule has 0 heterocycles. The van der Waals surface area contributed by atoms with Gasteiger partial charge in [0.25, 0.3) is 0 Å². The zero-order chi connectivity index (χ0) is 13.5. The largest absolute Gasteiger partial charge is 0.497 e. The Morgan fingerprint density at radius 1 is 1.06 bits per heavy atom. The first kappa shape index (κ1) is 14.2. The Kier molecular flexibility index (Phi) is 5.36. The molecule has 0 aliphatic heterocycles. The third kappa shape index (κ3) is 3.87. The standard InChI is InChI=1S/C14H18O4/c1-4-5-11(15)8-14(16)10-6-12(17-2)9-13(7-10)18-3/h6-7,9H,4-5,8H2,1-3H3. The van der Waals surface area contributed by atoms with Crippen molar-refractivity contribution < 1.29 is 19.1 Å². The lowest BCUT2D eigenvalue weighted by molar-refractivity contribution is -0.118. The minimum absolute atomic E-state index is 0.0377. The normalized spacial score (nSPS) is 9.94. The molecule has 0 bridgehead atoms. The average Bonchev–Trinajstić information content (AvgIpc) is 2.38. The summed E-state index contributed by atoms with van der Waals surface area (Å²) >= 11 is 0. The molecule has 4 nitrogen and oxygen atoms in total. The van der Waals surface area contributed by atoms with Gasteiger partial charge in [0, 0.05) is 18.1 Å². The van der Waals surface area contributed by atoms with Gasteiger partial charge >= 0.3 is 0 Å². The third-order valence-electron chi connectivity index (χ3n) is 2.56. The molecule has 0 saturated heterocycles. The second-order valence-electron chi connectivity index (χ2n) is 3.99. The van der Waals surface area contributed by atoms with Crippen LogP contribution in [0.1, 0.15) is 36.5 Å². The summed E-state index contributed by atoms with van der Waals surface area (Å²) in [4.78, 5) is 23.4. The molecular weight excluding hydrogens is 232 g/mol. The lowest BCUT2D eigenvalue weighted by Crippen LogP contribution is -2.08. The van der Waals surface area contributed by atoms with Crippen molar-refractivity contribution in [3.8, 4) is 11.5 Å². The molecule has 0 saturated carbocycles. The summed E-state index contributed by atoms with van der Waals surface area (Å²) < 4.78 is 10.2. The molecule has 1 aromatic rings. The monoisotopic (exact) mass is 250 g/mol. The van der Waals surface area contributed by atoms with E-state index in [0.29, 0.717) is 23.5 Å². The van der Waals surface area contributed by atoms with Gasteiger partial charge in [0.2, 0.25) is 0 Å². The lowest BCUT2D eigenvalue weighted by atomic mass is 10.0. The predicted molar refractivity (Wildman–Crippen MR) is 68.4 cm³/mol. The predicted octanol–water partition coefficient (Wildman–Crippen LogP) is 2.65. The van der Waals surface area contributed by atoms with Crippen LogP contribution in [0.25, 0.3) is 0 Å². The first-order valence-electron chi connectivity index (χ1n) is 5.88. The summed E-state index contributed by atoms with van der Waals surface area (Å²) in [5.41, 5.74) is 0.440. The number of benzene rings is 1. The van der Waals surface area contributed by atoms with Crippen molar-refractivity contribution in [2.75, 3.05) is 14.2 Å². The number of methoxy groups -OCH3 is 2. The lowest BCUT2D eigenvalue weighted by Gasteiger charge is -2.07. The van der Waals surface area contributed by atoms with E-state index in [1.165, 1.54) is 14.2 Å². The van der Waals surface area contributed by atoms with E-state index in [1.54, 1.807) is 18.2 Å². The summed E-state index contributed by atoms with van der Waals surface area (Å²) in [5, 5.41) is 0. The molecule has 0 aliphatic carbocycles. The summed E-state index contributed by atoms with van der Waals surface area (Å²) in [5.74, 6) is 0.844. The van der Waals surface area contributed by atoms with Crippen LogP contribution in [0.2, 0.25) is 0 Å². The van der Waals surface area contributed by atoms with Crippen LogP contribution >= 0.6 is 0 Å². The van der Waals surface area contributed by atoms with Crippen molar-refractivity contribution in [3.05, 3.63) is 23.8 Å². The Hall–Kier alpha value is -1.84. The Morgan fingerprint density at radius 3 is 2.06 bits per heavy atom. The van der Waals surface area contributed by atoms with Crippen molar-refractivity contribution in [1.82, 2.24) is 0 Å². The van der Waals surface area contributed by atoms with Crippen molar-refractivity contribution >= 4 is 11.6 Å². The molecule has 98 valence electrons. The van der Waals surface area contributed by atoms with Crippen LogP contribution in [0, 0.1) is 0 Å². The van der Waals surface area contributed by atoms with Gasteiger partial charge < -0.3 is 9.47 Å². The van der Waals surface area contributed by atoms with E-state index < -0.39 is 0 Å². The van der Waals surface area contributed by atoms with Crippen molar-refractivity contribution in [1.29, 1.82) is 0 Å². The Balaban J connectivity index is 2.87. The maximum absolute atomic E-state index is 11.9. The third-order valence-corrected chi connectivity index (χ3v) is 2.56. The van der Waals surface area contributed by atoms with Gasteiger partial charge in [-0.15, -0.1) is 0 Å². The SMILES string of the molecule is CCCC(=O)CC(=O)c1cc(OC)cc(OC)c1. The van der Waals surface area contributed by atoms with Crippen LogP contribution in [0.3, 0.4) is 0 Å². The van der Waals surface area contributed by atoms with Crippen molar-refractivity contribution in [2.45, 2.75) is 26.2 Å². The molecule has 0 N–H and O–H groups in total. The summed E-state index contributed by atoms with van der Waals surface area (Å²) in [6.45, 7) is 1.91. The van der Waals surface area contributed by atoms with E-state index in [-0.39, 0.29) is 18.0 Å². The molecule has 0 aromatic heterocycles. The van der Waals surface area contributed by atoms with Crippen LogP contribution in [0.5, 0.6) is 11.5 Å². The van der Waals surface area contributed by atoms with Crippen LogP contribution in [-0.4, -0.2) is 25.8 Å². The molecule has 4 heteroatoms. The maximum Gasteiger partial charge on any atom is 0.170 e. The Bertz CT molecular complexity index is 415. The van der Waals surface area contributed by atoms with E-state index in [4.69, 9.17) is 9.47 Å². The molecule has 0 unspecified atom stereocenters. The fourth-order valence-electron chi connectivity index (χ4n) is 1.62. The van der Waals surface area contributed by atoms with Crippen LogP contribution in [-0.2, 0) is 4.79 Å². The highest BCUT2D eigenvalue weighted by atomic mass is 16.5. The van der Waals surface area contributed by atoms with Gasteiger partial charge in [0.1, 0.15) is 17.3 Å². The van der Waals surface area contributed by atoms with Gasteiger partial charge in [-0.3, -0.25) is 9.59 Å². The Morgan fingerprint density at radius 2 is 1.61 bits per heavy atom. The smallest absolute Gasteiger partial charge is 0.170 e. The summed E-state index contributed by atoms with van der Waals surface area (Å²) in [6, 6.07) is 4.92. The first-order valence-corrected chi connectivity index (χ1v) is 5.88. The van der Waals surface area contributed by atoms with Gasteiger partial charge in [-0.2, -0.15) is 0 Å². The molecule has 1 rings (SSSR count). The molecule has 0 fully saturated rings. The second kappa shape index (κ2) is 6.79. The zero-order valence-corrected chi connectivity index (χ0v) is 11.0. The van der Waals surface area contributed by atoms with Gasteiger partial charge in [-0.25, -0.2) is 0 Å². The van der Waals surface area contributed by atoms with E-state index in [2.05, 4.69) is 0 Å². The van der Waals surface area contributed by atoms with Gasteiger partial charge in [0.15, 0.2) is 5.78 Å². The number of ketones is 2. The quantitative estimate of drug-likeness (QED) is 0.551. The molecule has 0 aliphatic rings. The summed E-state index contributed by atoms with van der Waals surface area (Å²) in [6.07, 6.45) is 1.13. The first-order chi connectivity index (χ1) is 8.60. The highest BCUT2D eigenvalue weighted by molar-refractivity contribution is 6.08. The molecule has 18 heavy (non-hydrogen) atoms. The topological polar surface area (TPSA) is 52.6 Å². The fraction of sp³-hybridized carbons (Fsp3) is 0.429. The number of carbonyl (C=O) groups is 2. The number of Topliss-reactive ketones (excluding diaryl/α,β-unsaturated/α-hetero) is 2. The number of hydrogen-bond acceptors (Lipinski definition) is 4. The van der Waals surface area contributed by atoms with Crippen molar-refractivity contribution in [3.63, 3.8) is 0 Å². The van der Waals surface area contributed by atoms with E-state index in [0.717, 1.165) is 6.42 Å². The molecular formula is C14H18O4. The molecule has 1 aromatic carbocycles. The number of rotatable bonds is 7. The highest BCUT2D eigenvalue weighted by Crippen LogP contribution is 2.23. The van der Waals surface area contributed by atoms with E-state index >= 15 is 0 Å². The number of carbonyl (C=O) groups excluding carboxylic acids is 2. The van der Waals surface area contributed by atoms with Crippen LogP contribution < -0.4 is 9.47 Å². The highest BCUT2D eigenvalue weighted by Gasteiger charge is 2.13. The minimum atomic E-state index is -0.203. The molecule has 0 amide bonds.